The molecule has 1 aromatic carbocycles. The molecule has 0 saturated carbocycles. The van der Waals surface area contributed by atoms with E-state index in [0.29, 0.717) is 6.04 Å². The van der Waals surface area contributed by atoms with E-state index in [0.717, 1.165) is 12.3 Å². The minimum absolute atomic E-state index is 0.649. The SMILES string of the molecule is CCCCCC(C)NCCSc1ccccc1Br. The lowest BCUT2D eigenvalue weighted by atomic mass is 10.1. The van der Waals surface area contributed by atoms with Gasteiger partial charge in [-0.1, -0.05) is 38.3 Å². The van der Waals surface area contributed by atoms with E-state index in [1.54, 1.807) is 0 Å². The molecule has 0 spiro atoms. The molecule has 0 amide bonds. The summed E-state index contributed by atoms with van der Waals surface area (Å²) in [6, 6.07) is 9.06. The van der Waals surface area contributed by atoms with Crippen LogP contribution in [0, 0.1) is 0 Å². The Morgan fingerprint density at radius 2 is 2.06 bits per heavy atom. The molecule has 0 saturated heterocycles. The van der Waals surface area contributed by atoms with Crippen molar-refractivity contribution in [2.45, 2.75) is 50.5 Å². The topological polar surface area (TPSA) is 12.0 Å². The van der Waals surface area contributed by atoms with Crippen LogP contribution in [0.3, 0.4) is 0 Å². The van der Waals surface area contributed by atoms with E-state index >= 15 is 0 Å². The fourth-order valence-corrected chi connectivity index (χ4v) is 3.28. The highest BCUT2D eigenvalue weighted by molar-refractivity contribution is 9.10. The molecule has 3 heteroatoms. The van der Waals surface area contributed by atoms with Crippen molar-refractivity contribution in [2.24, 2.45) is 0 Å². The van der Waals surface area contributed by atoms with E-state index in [1.165, 1.54) is 35.1 Å². The van der Waals surface area contributed by atoms with Gasteiger partial charge in [-0.25, -0.2) is 0 Å². The standard InChI is InChI=1S/C15H24BrNS/c1-3-4-5-8-13(2)17-11-12-18-15-10-7-6-9-14(15)16/h6-7,9-10,13,17H,3-5,8,11-12H2,1-2H3. The molecule has 0 fully saturated rings. The number of benzene rings is 1. The van der Waals surface area contributed by atoms with Gasteiger partial charge in [0, 0.05) is 27.7 Å². The van der Waals surface area contributed by atoms with Gasteiger partial charge in [-0.05, 0) is 41.4 Å². The minimum Gasteiger partial charge on any atom is -0.313 e. The predicted octanol–water partition coefficient (Wildman–Crippen LogP) is 5.10. The van der Waals surface area contributed by atoms with Gasteiger partial charge in [0.25, 0.3) is 0 Å². The van der Waals surface area contributed by atoms with Gasteiger partial charge in [0.05, 0.1) is 0 Å². The van der Waals surface area contributed by atoms with Gasteiger partial charge in [0.2, 0.25) is 0 Å². The van der Waals surface area contributed by atoms with Crippen LogP contribution in [-0.2, 0) is 0 Å². The van der Waals surface area contributed by atoms with Crippen LogP contribution in [0.5, 0.6) is 0 Å². The molecular weight excluding hydrogens is 306 g/mol. The summed E-state index contributed by atoms with van der Waals surface area (Å²) < 4.78 is 1.20. The maximum atomic E-state index is 3.60. The lowest BCUT2D eigenvalue weighted by Crippen LogP contribution is -2.28. The van der Waals surface area contributed by atoms with Gasteiger partial charge in [0.1, 0.15) is 0 Å². The summed E-state index contributed by atoms with van der Waals surface area (Å²) in [5.41, 5.74) is 0. The molecule has 0 aliphatic carbocycles. The third-order valence-corrected chi connectivity index (χ3v) is 4.96. The Morgan fingerprint density at radius 1 is 1.28 bits per heavy atom. The molecule has 1 rings (SSSR count). The molecule has 1 N–H and O–H groups in total. The highest BCUT2D eigenvalue weighted by Gasteiger charge is 2.02. The third kappa shape index (κ3) is 6.81. The van der Waals surface area contributed by atoms with E-state index < -0.39 is 0 Å². The lowest BCUT2D eigenvalue weighted by Gasteiger charge is -2.13. The van der Waals surface area contributed by atoms with Gasteiger partial charge in [-0.2, -0.15) is 0 Å². The first-order valence-electron chi connectivity index (χ1n) is 6.84. The summed E-state index contributed by atoms with van der Waals surface area (Å²) in [4.78, 5) is 1.33. The highest BCUT2D eigenvalue weighted by atomic mass is 79.9. The maximum Gasteiger partial charge on any atom is 0.0311 e. The molecule has 0 aromatic heterocycles. The van der Waals surface area contributed by atoms with Crippen LogP contribution >= 0.6 is 27.7 Å². The molecule has 0 aliphatic rings. The van der Waals surface area contributed by atoms with Crippen molar-refractivity contribution in [3.05, 3.63) is 28.7 Å². The molecule has 1 atom stereocenters. The van der Waals surface area contributed by atoms with E-state index in [-0.39, 0.29) is 0 Å². The molecular formula is C15H24BrNS. The fraction of sp³-hybridized carbons (Fsp3) is 0.600. The van der Waals surface area contributed by atoms with E-state index in [4.69, 9.17) is 0 Å². The number of unbranched alkanes of at least 4 members (excludes halogenated alkanes) is 2. The molecule has 0 aliphatic heterocycles. The first-order chi connectivity index (χ1) is 8.74. The third-order valence-electron chi connectivity index (χ3n) is 2.93. The molecule has 1 aromatic rings. The van der Waals surface area contributed by atoms with Crippen molar-refractivity contribution in [1.82, 2.24) is 5.32 Å². The largest absolute Gasteiger partial charge is 0.313 e. The second-order valence-electron chi connectivity index (χ2n) is 4.63. The van der Waals surface area contributed by atoms with Crippen LogP contribution in [-0.4, -0.2) is 18.3 Å². The Hall–Kier alpha value is 0.01000. The normalized spacial score (nSPS) is 12.6. The summed E-state index contributed by atoms with van der Waals surface area (Å²) in [6.07, 6.45) is 5.32. The number of halogens is 1. The first kappa shape index (κ1) is 16.1. The van der Waals surface area contributed by atoms with Crippen molar-refractivity contribution in [3.63, 3.8) is 0 Å². The van der Waals surface area contributed by atoms with Crippen molar-refractivity contribution >= 4 is 27.7 Å². The molecule has 1 nitrogen and oxygen atoms in total. The number of nitrogens with one attached hydrogen (secondary N) is 1. The van der Waals surface area contributed by atoms with Crippen LogP contribution < -0.4 is 5.32 Å². The molecule has 18 heavy (non-hydrogen) atoms. The Balaban J connectivity index is 2.09. The van der Waals surface area contributed by atoms with Crippen LogP contribution in [0.15, 0.2) is 33.6 Å². The zero-order chi connectivity index (χ0) is 13.2. The molecule has 1 unspecified atom stereocenters. The second-order valence-corrected chi connectivity index (χ2v) is 6.62. The van der Waals surface area contributed by atoms with Gasteiger partial charge >= 0.3 is 0 Å². The molecule has 0 heterocycles. The number of thioether (sulfide) groups is 1. The number of hydrogen-bond donors (Lipinski definition) is 1. The minimum atomic E-state index is 0.649. The van der Waals surface area contributed by atoms with Gasteiger partial charge < -0.3 is 5.32 Å². The Labute approximate surface area is 124 Å². The van der Waals surface area contributed by atoms with E-state index in [9.17, 15) is 0 Å². The Kier molecular flexibility index (Phi) is 8.82. The first-order valence-corrected chi connectivity index (χ1v) is 8.62. The van der Waals surface area contributed by atoms with Crippen molar-refractivity contribution in [3.8, 4) is 0 Å². The quantitative estimate of drug-likeness (QED) is 0.499. The smallest absolute Gasteiger partial charge is 0.0311 e. The van der Waals surface area contributed by atoms with Crippen molar-refractivity contribution in [1.29, 1.82) is 0 Å². The van der Waals surface area contributed by atoms with Gasteiger partial charge in [-0.3, -0.25) is 0 Å². The van der Waals surface area contributed by atoms with Crippen LogP contribution in [0.2, 0.25) is 0 Å². The van der Waals surface area contributed by atoms with Crippen LogP contribution in [0.25, 0.3) is 0 Å². The van der Waals surface area contributed by atoms with Crippen molar-refractivity contribution < 1.29 is 0 Å². The monoisotopic (exact) mass is 329 g/mol. The zero-order valence-electron chi connectivity index (χ0n) is 11.4. The summed E-state index contributed by atoms with van der Waals surface area (Å²) in [7, 11) is 0. The lowest BCUT2D eigenvalue weighted by molar-refractivity contribution is 0.502. The average molecular weight is 330 g/mol. The van der Waals surface area contributed by atoms with Gasteiger partial charge in [0.15, 0.2) is 0 Å². The predicted molar refractivity (Wildman–Crippen MR) is 86.5 cm³/mol. The Bertz CT molecular complexity index is 330. The summed E-state index contributed by atoms with van der Waals surface area (Å²) in [6.45, 7) is 5.63. The van der Waals surface area contributed by atoms with Crippen LogP contribution in [0.1, 0.15) is 39.5 Å². The highest BCUT2D eigenvalue weighted by Crippen LogP contribution is 2.26. The summed E-state index contributed by atoms with van der Waals surface area (Å²) >= 11 is 5.49. The van der Waals surface area contributed by atoms with Gasteiger partial charge in [-0.15, -0.1) is 11.8 Å². The molecule has 0 bridgehead atoms. The Morgan fingerprint density at radius 3 is 2.78 bits per heavy atom. The average Bonchev–Trinajstić information content (AvgIpc) is 2.37. The molecule has 102 valence electrons. The second kappa shape index (κ2) is 9.88. The molecule has 0 radical (unpaired) electrons. The van der Waals surface area contributed by atoms with Crippen molar-refractivity contribution in [2.75, 3.05) is 12.3 Å². The summed E-state index contributed by atoms with van der Waals surface area (Å²) in [5.74, 6) is 1.13. The zero-order valence-corrected chi connectivity index (χ0v) is 13.8. The number of hydrogen-bond acceptors (Lipinski definition) is 2. The summed E-state index contributed by atoms with van der Waals surface area (Å²) in [5, 5.41) is 3.60. The number of rotatable bonds is 9. The van der Waals surface area contributed by atoms with Crippen LogP contribution in [0.4, 0.5) is 0 Å². The van der Waals surface area contributed by atoms with E-state index in [2.05, 4.69) is 59.4 Å². The fourth-order valence-electron chi connectivity index (χ4n) is 1.83. The maximum absolute atomic E-state index is 3.60. The van der Waals surface area contributed by atoms with E-state index in [1.807, 2.05) is 11.8 Å².